The molecule has 4 aromatic carbocycles. The molecule has 4 rings (SSSR count). The van der Waals surface area contributed by atoms with Crippen LogP contribution < -0.4 is 10.1 Å². The minimum Gasteiger partial charge on any atom is -0.489 e. The van der Waals surface area contributed by atoms with E-state index in [0.29, 0.717) is 13.2 Å². The number of ether oxygens (including phenoxy) is 1. The van der Waals surface area contributed by atoms with Crippen LogP contribution in [-0.2, 0) is 13.2 Å². The summed E-state index contributed by atoms with van der Waals surface area (Å²) in [7, 11) is 0. The number of nitrogens with one attached hydrogen (secondary N) is 1. The van der Waals surface area contributed by atoms with E-state index in [1.807, 2.05) is 12.1 Å². The lowest BCUT2D eigenvalue weighted by atomic mass is 10.0. The Kier molecular flexibility index (Phi) is 6.22. The number of rotatable bonds is 6. The lowest BCUT2D eigenvalue weighted by molar-refractivity contribution is 0.304. The van der Waals surface area contributed by atoms with Gasteiger partial charge in [0, 0.05) is 26.7 Å². The van der Waals surface area contributed by atoms with Gasteiger partial charge in [-0.3, -0.25) is 0 Å². The molecule has 146 valence electrons. The van der Waals surface area contributed by atoms with E-state index in [9.17, 15) is 0 Å². The van der Waals surface area contributed by atoms with Crippen molar-refractivity contribution in [2.75, 3.05) is 5.32 Å². The fourth-order valence-electron chi connectivity index (χ4n) is 3.38. The van der Waals surface area contributed by atoms with Crippen LogP contribution in [0.5, 0.6) is 5.75 Å². The number of benzene rings is 4. The fraction of sp³-hybridized carbons (Fsp3) is 0.120. The molecule has 0 aliphatic carbocycles. The van der Waals surface area contributed by atoms with Crippen LogP contribution in [0.25, 0.3) is 10.8 Å². The largest absolute Gasteiger partial charge is 0.489 e. The first-order valence-corrected chi connectivity index (χ1v) is 11.1. The Bertz CT molecular complexity index is 1140. The van der Waals surface area contributed by atoms with Gasteiger partial charge in [0.15, 0.2) is 0 Å². The van der Waals surface area contributed by atoms with Crippen molar-refractivity contribution in [3.8, 4) is 5.75 Å². The maximum absolute atomic E-state index is 6.25. The monoisotopic (exact) mass is 509 g/mol. The molecule has 0 amide bonds. The number of fused-ring (bicyclic) bond motifs is 1. The zero-order valence-electron chi connectivity index (χ0n) is 16.1. The van der Waals surface area contributed by atoms with Gasteiger partial charge in [0.05, 0.1) is 0 Å². The third-order valence-electron chi connectivity index (χ3n) is 4.95. The topological polar surface area (TPSA) is 21.3 Å². The Morgan fingerprint density at radius 2 is 1.59 bits per heavy atom. The minimum atomic E-state index is 0.538. The average Bonchev–Trinajstić information content (AvgIpc) is 2.73. The van der Waals surface area contributed by atoms with Crippen molar-refractivity contribution in [3.05, 3.63) is 104 Å². The van der Waals surface area contributed by atoms with Crippen LogP contribution in [0.15, 0.2) is 87.8 Å². The maximum Gasteiger partial charge on any atom is 0.125 e. The van der Waals surface area contributed by atoms with Gasteiger partial charge in [-0.2, -0.15) is 0 Å². The van der Waals surface area contributed by atoms with Crippen molar-refractivity contribution < 1.29 is 4.74 Å². The van der Waals surface area contributed by atoms with Crippen LogP contribution in [0.4, 0.5) is 5.69 Å². The van der Waals surface area contributed by atoms with E-state index in [2.05, 4.69) is 111 Å². The first kappa shape index (κ1) is 20.0. The van der Waals surface area contributed by atoms with E-state index < -0.39 is 0 Å². The highest BCUT2D eigenvalue weighted by Gasteiger charge is 2.10. The van der Waals surface area contributed by atoms with Crippen LogP contribution in [-0.4, -0.2) is 0 Å². The molecule has 4 aromatic rings. The first-order valence-electron chi connectivity index (χ1n) is 9.48. The molecule has 0 aliphatic heterocycles. The quantitative estimate of drug-likeness (QED) is 0.285. The summed E-state index contributed by atoms with van der Waals surface area (Å²) in [4.78, 5) is 0. The second-order valence-electron chi connectivity index (χ2n) is 6.99. The lowest BCUT2D eigenvalue weighted by Crippen LogP contribution is -2.05. The van der Waals surface area contributed by atoms with Gasteiger partial charge >= 0.3 is 0 Å². The SMILES string of the molecule is Cc1cc(Br)ccc1NCc1c(OCc2ccc(Br)cc2)ccc2ccccc12. The number of halogens is 2. The molecule has 0 unspecified atom stereocenters. The predicted octanol–water partition coefficient (Wildman–Crippen LogP) is 7.86. The number of anilines is 1. The van der Waals surface area contributed by atoms with Gasteiger partial charge in [-0.1, -0.05) is 74.3 Å². The highest BCUT2D eigenvalue weighted by molar-refractivity contribution is 9.10. The average molecular weight is 511 g/mol. The molecule has 0 bridgehead atoms. The molecule has 4 heteroatoms. The highest BCUT2D eigenvalue weighted by atomic mass is 79.9. The molecule has 0 saturated carbocycles. The smallest absolute Gasteiger partial charge is 0.125 e. The number of aryl methyl sites for hydroxylation is 1. The van der Waals surface area contributed by atoms with Crippen molar-refractivity contribution in [1.82, 2.24) is 0 Å². The second kappa shape index (κ2) is 9.02. The maximum atomic E-state index is 6.25. The second-order valence-corrected chi connectivity index (χ2v) is 8.82. The molecule has 1 N–H and O–H groups in total. The number of hydrogen-bond donors (Lipinski definition) is 1. The van der Waals surface area contributed by atoms with Crippen molar-refractivity contribution in [1.29, 1.82) is 0 Å². The van der Waals surface area contributed by atoms with Gasteiger partial charge in [-0.05, 0) is 65.2 Å². The molecule has 0 heterocycles. The van der Waals surface area contributed by atoms with Crippen LogP contribution in [0, 0.1) is 6.92 Å². The van der Waals surface area contributed by atoms with E-state index in [4.69, 9.17) is 4.74 Å². The van der Waals surface area contributed by atoms with Crippen LogP contribution in [0.3, 0.4) is 0 Å². The predicted molar refractivity (Wildman–Crippen MR) is 129 cm³/mol. The molecule has 2 nitrogen and oxygen atoms in total. The minimum absolute atomic E-state index is 0.538. The summed E-state index contributed by atoms with van der Waals surface area (Å²) in [6, 6.07) is 27.2. The number of hydrogen-bond acceptors (Lipinski definition) is 2. The summed E-state index contributed by atoms with van der Waals surface area (Å²) < 4.78 is 8.40. The van der Waals surface area contributed by atoms with Gasteiger partial charge < -0.3 is 10.1 Å². The molecular weight excluding hydrogens is 490 g/mol. The zero-order chi connectivity index (χ0) is 20.2. The van der Waals surface area contributed by atoms with Crippen molar-refractivity contribution in [3.63, 3.8) is 0 Å². The van der Waals surface area contributed by atoms with Crippen LogP contribution in [0.1, 0.15) is 16.7 Å². The summed E-state index contributed by atoms with van der Waals surface area (Å²) in [6.07, 6.45) is 0. The van der Waals surface area contributed by atoms with Crippen LogP contribution in [0.2, 0.25) is 0 Å². The molecule has 29 heavy (non-hydrogen) atoms. The van der Waals surface area contributed by atoms with E-state index in [-0.39, 0.29) is 0 Å². The van der Waals surface area contributed by atoms with Gasteiger partial charge in [-0.25, -0.2) is 0 Å². The van der Waals surface area contributed by atoms with E-state index in [1.165, 1.54) is 21.9 Å². The van der Waals surface area contributed by atoms with E-state index in [1.54, 1.807) is 0 Å². The van der Waals surface area contributed by atoms with E-state index >= 15 is 0 Å². The molecular formula is C25H21Br2NO. The summed E-state index contributed by atoms with van der Waals surface area (Å²) >= 11 is 7.01. The molecule has 0 atom stereocenters. The van der Waals surface area contributed by atoms with Crippen molar-refractivity contribution in [2.45, 2.75) is 20.1 Å². The Morgan fingerprint density at radius 3 is 2.38 bits per heavy atom. The molecule has 0 spiro atoms. The Labute approximate surface area is 188 Å². The first-order chi connectivity index (χ1) is 14.1. The molecule has 0 radical (unpaired) electrons. The molecule has 0 fully saturated rings. The summed E-state index contributed by atoms with van der Waals surface area (Å²) in [5.74, 6) is 0.911. The summed E-state index contributed by atoms with van der Waals surface area (Å²) in [5, 5.41) is 6.01. The van der Waals surface area contributed by atoms with E-state index in [0.717, 1.165) is 25.9 Å². The van der Waals surface area contributed by atoms with Gasteiger partial charge in [-0.15, -0.1) is 0 Å². The van der Waals surface area contributed by atoms with Gasteiger partial charge in [0.25, 0.3) is 0 Å². The molecule has 0 aromatic heterocycles. The molecule has 0 saturated heterocycles. The molecule has 0 aliphatic rings. The van der Waals surface area contributed by atoms with Gasteiger partial charge in [0.1, 0.15) is 12.4 Å². The third-order valence-corrected chi connectivity index (χ3v) is 5.97. The van der Waals surface area contributed by atoms with Gasteiger partial charge in [0.2, 0.25) is 0 Å². The fourth-order valence-corrected chi connectivity index (χ4v) is 4.12. The summed E-state index contributed by atoms with van der Waals surface area (Å²) in [5.41, 5.74) is 4.64. The lowest BCUT2D eigenvalue weighted by Gasteiger charge is -2.17. The Morgan fingerprint density at radius 1 is 0.828 bits per heavy atom. The standard InChI is InChI=1S/C25H21Br2NO/c1-17-14-21(27)11-12-24(17)28-15-23-22-5-3-2-4-19(22)8-13-25(23)29-16-18-6-9-20(26)10-7-18/h2-14,28H,15-16H2,1H3. The summed E-state index contributed by atoms with van der Waals surface area (Å²) in [6.45, 7) is 3.34. The van der Waals surface area contributed by atoms with Crippen molar-refractivity contribution >= 4 is 48.3 Å². The zero-order valence-corrected chi connectivity index (χ0v) is 19.3. The normalized spacial score (nSPS) is 10.9. The Hall–Kier alpha value is -2.30. The Balaban J connectivity index is 1.62. The van der Waals surface area contributed by atoms with Crippen LogP contribution >= 0.6 is 31.9 Å². The highest BCUT2D eigenvalue weighted by Crippen LogP contribution is 2.30. The third kappa shape index (κ3) is 4.82. The van der Waals surface area contributed by atoms with Crippen molar-refractivity contribution in [2.24, 2.45) is 0 Å².